The van der Waals surface area contributed by atoms with Crippen LogP contribution in [0, 0.1) is 6.92 Å². The second-order valence-corrected chi connectivity index (χ2v) is 5.15. The standard InChI is InChI=1S/C15H19N5/c1-3-7-19-8-4-5-14(19)13-10-12(2)17-15(18-13)20-9-6-16-11-20/h3,6,9-11,14H,1,4-5,7-8H2,2H3. The topological polar surface area (TPSA) is 46.8 Å². The molecule has 0 radical (unpaired) electrons. The third-order valence-electron chi connectivity index (χ3n) is 3.67. The van der Waals surface area contributed by atoms with Crippen molar-refractivity contribution in [3.63, 3.8) is 0 Å². The molecule has 0 amide bonds. The van der Waals surface area contributed by atoms with E-state index >= 15 is 0 Å². The minimum atomic E-state index is 0.372. The van der Waals surface area contributed by atoms with E-state index in [0.29, 0.717) is 12.0 Å². The van der Waals surface area contributed by atoms with Gasteiger partial charge in [-0.3, -0.25) is 9.47 Å². The fourth-order valence-corrected chi connectivity index (χ4v) is 2.79. The van der Waals surface area contributed by atoms with Gasteiger partial charge in [0.1, 0.15) is 6.33 Å². The molecular weight excluding hydrogens is 250 g/mol. The lowest BCUT2D eigenvalue weighted by Gasteiger charge is -2.23. The Morgan fingerprint density at radius 1 is 1.45 bits per heavy atom. The van der Waals surface area contributed by atoms with Crippen molar-refractivity contribution in [1.82, 2.24) is 24.4 Å². The summed E-state index contributed by atoms with van der Waals surface area (Å²) >= 11 is 0. The molecule has 1 unspecified atom stereocenters. The zero-order valence-corrected chi connectivity index (χ0v) is 11.7. The van der Waals surface area contributed by atoms with Crippen LogP contribution in [0.15, 0.2) is 37.4 Å². The first-order chi connectivity index (χ1) is 9.78. The van der Waals surface area contributed by atoms with E-state index in [0.717, 1.165) is 30.9 Å². The van der Waals surface area contributed by atoms with Crippen molar-refractivity contribution >= 4 is 0 Å². The highest BCUT2D eigenvalue weighted by molar-refractivity contribution is 5.22. The van der Waals surface area contributed by atoms with Gasteiger partial charge in [-0.05, 0) is 32.4 Å². The summed E-state index contributed by atoms with van der Waals surface area (Å²) in [5.41, 5.74) is 2.09. The molecule has 20 heavy (non-hydrogen) atoms. The Morgan fingerprint density at radius 3 is 3.10 bits per heavy atom. The molecule has 1 aliphatic rings. The molecule has 1 saturated heterocycles. The number of imidazole rings is 1. The van der Waals surface area contributed by atoms with E-state index < -0.39 is 0 Å². The van der Waals surface area contributed by atoms with Crippen molar-refractivity contribution in [2.45, 2.75) is 25.8 Å². The summed E-state index contributed by atoms with van der Waals surface area (Å²) in [6.45, 7) is 7.88. The normalized spacial score (nSPS) is 19.4. The Kier molecular flexibility index (Phi) is 3.60. The van der Waals surface area contributed by atoms with E-state index in [2.05, 4.69) is 27.5 Å². The fraction of sp³-hybridized carbons (Fsp3) is 0.400. The van der Waals surface area contributed by atoms with E-state index in [1.807, 2.05) is 23.8 Å². The molecule has 1 atom stereocenters. The molecular formula is C15H19N5. The van der Waals surface area contributed by atoms with E-state index in [-0.39, 0.29) is 0 Å². The van der Waals surface area contributed by atoms with Crippen LogP contribution in [0.2, 0.25) is 0 Å². The van der Waals surface area contributed by atoms with Crippen LogP contribution in [0.25, 0.3) is 5.95 Å². The van der Waals surface area contributed by atoms with Crippen LogP contribution in [0.4, 0.5) is 0 Å². The van der Waals surface area contributed by atoms with Gasteiger partial charge in [0.15, 0.2) is 0 Å². The Balaban J connectivity index is 1.95. The first kappa shape index (κ1) is 13.0. The molecule has 3 heterocycles. The quantitative estimate of drug-likeness (QED) is 0.799. The zero-order chi connectivity index (χ0) is 13.9. The lowest BCUT2D eigenvalue weighted by Crippen LogP contribution is -2.24. The van der Waals surface area contributed by atoms with Gasteiger partial charge in [0.2, 0.25) is 5.95 Å². The van der Waals surface area contributed by atoms with Gasteiger partial charge in [-0.25, -0.2) is 15.0 Å². The molecule has 0 bridgehead atoms. The van der Waals surface area contributed by atoms with Gasteiger partial charge in [0, 0.05) is 24.6 Å². The number of hydrogen-bond donors (Lipinski definition) is 0. The Labute approximate surface area is 119 Å². The van der Waals surface area contributed by atoms with Crippen molar-refractivity contribution in [2.24, 2.45) is 0 Å². The Bertz CT molecular complexity index is 590. The first-order valence-corrected chi connectivity index (χ1v) is 6.97. The maximum absolute atomic E-state index is 4.73. The average Bonchev–Trinajstić information content (AvgIpc) is 3.09. The van der Waals surface area contributed by atoms with Crippen molar-refractivity contribution < 1.29 is 0 Å². The third-order valence-corrected chi connectivity index (χ3v) is 3.67. The highest BCUT2D eigenvalue weighted by Crippen LogP contribution is 2.30. The van der Waals surface area contributed by atoms with Crippen molar-refractivity contribution in [3.8, 4) is 5.95 Å². The second-order valence-electron chi connectivity index (χ2n) is 5.15. The van der Waals surface area contributed by atoms with Gasteiger partial charge >= 0.3 is 0 Å². The third kappa shape index (κ3) is 2.49. The fourth-order valence-electron chi connectivity index (χ4n) is 2.79. The minimum Gasteiger partial charge on any atom is -0.291 e. The molecule has 0 aromatic carbocycles. The molecule has 0 spiro atoms. The molecule has 3 rings (SSSR count). The van der Waals surface area contributed by atoms with E-state index in [9.17, 15) is 0 Å². The van der Waals surface area contributed by atoms with Gasteiger partial charge in [-0.1, -0.05) is 6.08 Å². The summed E-state index contributed by atoms with van der Waals surface area (Å²) in [7, 11) is 0. The van der Waals surface area contributed by atoms with Gasteiger partial charge in [0.25, 0.3) is 0 Å². The summed E-state index contributed by atoms with van der Waals surface area (Å²) in [6.07, 6.45) is 9.66. The van der Waals surface area contributed by atoms with Crippen LogP contribution >= 0.6 is 0 Å². The largest absolute Gasteiger partial charge is 0.291 e. The predicted molar refractivity (Wildman–Crippen MR) is 77.6 cm³/mol. The van der Waals surface area contributed by atoms with Crippen LogP contribution in [0.5, 0.6) is 0 Å². The Hall–Kier alpha value is -2.01. The predicted octanol–water partition coefficient (Wildman–Crippen LogP) is 2.29. The molecule has 5 heteroatoms. The smallest absolute Gasteiger partial charge is 0.235 e. The number of likely N-dealkylation sites (tertiary alicyclic amines) is 1. The maximum atomic E-state index is 4.73. The molecule has 0 saturated carbocycles. The highest BCUT2D eigenvalue weighted by atomic mass is 15.2. The monoisotopic (exact) mass is 269 g/mol. The molecule has 1 fully saturated rings. The second kappa shape index (κ2) is 5.54. The summed E-state index contributed by atoms with van der Waals surface area (Å²) in [5, 5.41) is 0. The molecule has 0 aliphatic carbocycles. The number of nitrogens with zero attached hydrogens (tertiary/aromatic N) is 5. The molecule has 2 aromatic rings. The van der Waals surface area contributed by atoms with E-state index in [1.54, 1.807) is 12.5 Å². The highest BCUT2D eigenvalue weighted by Gasteiger charge is 2.26. The average molecular weight is 269 g/mol. The maximum Gasteiger partial charge on any atom is 0.235 e. The van der Waals surface area contributed by atoms with Gasteiger partial charge in [-0.15, -0.1) is 6.58 Å². The van der Waals surface area contributed by atoms with Gasteiger partial charge in [-0.2, -0.15) is 0 Å². The Morgan fingerprint density at radius 2 is 2.35 bits per heavy atom. The summed E-state index contributed by atoms with van der Waals surface area (Å²) in [6, 6.07) is 2.46. The van der Waals surface area contributed by atoms with Crippen LogP contribution in [0.1, 0.15) is 30.3 Å². The van der Waals surface area contributed by atoms with Gasteiger partial charge in [0.05, 0.1) is 11.7 Å². The first-order valence-electron chi connectivity index (χ1n) is 6.97. The lowest BCUT2D eigenvalue weighted by atomic mass is 10.1. The summed E-state index contributed by atoms with van der Waals surface area (Å²) in [4.78, 5) is 15.7. The lowest BCUT2D eigenvalue weighted by molar-refractivity contribution is 0.280. The SMILES string of the molecule is C=CCN1CCCC1c1cc(C)nc(-n2ccnc2)n1. The van der Waals surface area contributed by atoms with Crippen molar-refractivity contribution in [3.05, 3.63) is 48.8 Å². The number of aryl methyl sites for hydroxylation is 1. The number of aromatic nitrogens is 4. The van der Waals surface area contributed by atoms with Crippen LogP contribution in [-0.4, -0.2) is 37.5 Å². The van der Waals surface area contributed by atoms with Crippen LogP contribution < -0.4 is 0 Å². The van der Waals surface area contributed by atoms with E-state index in [1.165, 1.54) is 6.42 Å². The molecule has 0 N–H and O–H groups in total. The number of hydrogen-bond acceptors (Lipinski definition) is 4. The molecule has 5 nitrogen and oxygen atoms in total. The van der Waals surface area contributed by atoms with Crippen molar-refractivity contribution in [2.75, 3.05) is 13.1 Å². The summed E-state index contributed by atoms with van der Waals surface area (Å²) < 4.78 is 1.85. The summed E-state index contributed by atoms with van der Waals surface area (Å²) in [5.74, 6) is 0.697. The van der Waals surface area contributed by atoms with Crippen LogP contribution in [-0.2, 0) is 0 Å². The van der Waals surface area contributed by atoms with Crippen LogP contribution in [0.3, 0.4) is 0 Å². The molecule has 2 aromatic heterocycles. The van der Waals surface area contributed by atoms with Crippen molar-refractivity contribution in [1.29, 1.82) is 0 Å². The number of rotatable bonds is 4. The zero-order valence-electron chi connectivity index (χ0n) is 11.7. The molecule has 1 aliphatic heterocycles. The molecule has 104 valence electrons. The van der Waals surface area contributed by atoms with Gasteiger partial charge < -0.3 is 0 Å². The van der Waals surface area contributed by atoms with E-state index in [4.69, 9.17) is 4.98 Å². The minimum absolute atomic E-state index is 0.372.